The summed E-state index contributed by atoms with van der Waals surface area (Å²) >= 11 is 0. The van der Waals surface area contributed by atoms with Crippen LogP contribution in [-0.2, 0) is 14.4 Å². The zero-order chi connectivity index (χ0) is 15.6. The Kier molecular flexibility index (Phi) is 4.15. The van der Waals surface area contributed by atoms with Gasteiger partial charge in [0.15, 0.2) is 0 Å². The number of amides is 4. The van der Waals surface area contributed by atoms with Crippen molar-refractivity contribution in [2.75, 3.05) is 6.54 Å². The molecule has 1 spiro atoms. The highest BCUT2D eigenvalue weighted by atomic mass is 16.4. The maximum atomic E-state index is 12.4. The molecule has 21 heavy (non-hydrogen) atoms. The van der Waals surface area contributed by atoms with Gasteiger partial charge in [-0.2, -0.15) is 0 Å². The van der Waals surface area contributed by atoms with Crippen molar-refractivity contribution in [2.45, 2.75) is 50.6 Å². The summed E-state index contributed by atoms with van der Waals surface area (Å²) in [4.78, 5) is 47.6. The Morgan fingerprint density at radius 2 is 1.95 bits per heavy atom. The number of urea groups is 1. The molecule has 0 bridgehead atoms. The van der Waals surface area contributed by atoms with E-state index < -0.39 is 36.0 Å². The molecule has 8 heteroatoms. The second-order valence-electron chi connectivity index (χ2n) is 5.59. The topological polar surface area (TPSA) is 116 Å². The van der Waals surface area contributed by atoms with E-state index in [0.29, 0.717) is 12.8 Å². The summed E-state index contributed by atoms with van der Waals surface area (Å²) in [5, 5.41) is 13.6. The van der Waals surface area contributed by atoms with Gasteiger partial charge in [0, 0.05) is 0 Å². The van der Waals surface area contributed by atoms with E-state index in [0.717, 1.165) is 24.2 Å². The van der Waals surface area contributed by atoms with Crippen molar-refractivity contribution in [1.82, 2.24) is 15.5 Å². The third-order valence-corrected chi connectivity index (χ3v) is 4.00. The minimum Gasteiger partial charge on any atom is -0.480 e. The first-order valence-electron chi connectivity index (χ1n) is 7.02. The van der Waals surface area contributed by atoms with Gasteiger partial charge in [-0.25, -0.2) is 4.79 Å². The van der Waals surface area contributed by atoms with Gasteiger partial charge < -0.3 is 15.7 Å². The zero-order valence-electron chi connectivity index (χ0n) is 11.8. The van der Waals surface area contributed by atoms with Crippen LogP contribution in [0.25, 0.3) is 0 Å². The van der Waals surface area contributed by atoms with Crippen LogP contribution < -0.4 is 10.6 Å². The van der Waals surface area contributed by atoms with Crippen LogP contribution in [0.5, 0.6) is 0 Å². The van der Waals surface area contributed by atoms with E-state index in [1.807, 2.05) is 0 Å². The smallest absolute Gasteiger partial charge is 0.325 e. The van der Waals surface area contributed by atoms with Gasteiger partial charge in [0.05, 0.1) is 0 Å². The molecule has 1 aliphatic carbocycles. The van der Waals surface area contributed by atoms with Crippen LogP contribution in [0.2, 0.25) is 0 Å². The number of nitrogens with one attached hydrogen (secondary N) is 2. The summed E-state index contributed by atoms with van der Waals surface area (Å²) in [6, 6.07) is -1.65. The number of aliphatic carboxylic acids is 1. The second-order valence-corrected chi connectivity index (χ2v) is 5.59. The molecular formula is C13H19N3O5. The molecule has 8 nitrogen and oxygen atoms in total. The summed E-state index contributed by atoms with van der Waals surface area (Å²) in [5.41, 5.74) is -0.867. The van der Waals surface area contributed by atoms with Gasteiger partial charge in [-0.3, -0.25) is 19.3 Å². The van der Waals surface area contributed by atoms with Crippen molar-refractivity contribution in [3.05, 3.63) is 0 Å². The van der Waals surface area contributed by atoms with Crippen LogP contribution in [0, 0.1) is 0 Å². The van der Waals surface area contributed by atoms with Crippen LogP contribution >= 0.6 is 0 Å². The Morgan fingerprint density at radius 3 is 2.52 bits per heavy atom. The molecule has 2 aliphatic rings. The van der Waals surface area contributed by atoms with Crippen LogP contribution in [0.15, 0.2) is 0 Å². The van der Waals surface area contributed by atoms with Crippen LogP contribution in [0.3, 0.4) is 0 Å². The molecule has 1 atom stereocenters. The number of carboxylic acid groups (broad SMARTS) is 1. The fourth-order valence-corrected chi connectivity index (χ4v) is 2.81. The van der Waals surface area contributed by atoms with Gasteiger partial charge in [-0.05, 0) is 19.8 Å². The average Bonchev–Trinajstić information content (AvgIpc) is 2.64. The molecule has 0 aromatic heterocycles. The number of carboxylic acids is 1. The fraction of sp³-hybridized carbons (Fsp3) is 0.692. The minimum absolute atomic E-state index is 0.384. The maximum Gasteiger partial charge on any atom is 0.325 e. The van der Waals surface area contributed by atoms with E-state index in [9.17, 15) is 19.2 Å². The van der Waals surface area contributed by atoms with Crippen LogP contribution in [0.1, 0.15) is 39.0 Å². The van der Waals surface area contributed by atoms with Crippen LogP contribution in [-0.4, -0.2) is 51.9 Å². The molecule has 3 N–H and O–H groups in total. The molecule has 0 unspecified atom stereocenters. The SMILES string of the molecule is C[C@@H](NC(=O)CN1C(=O)NC2(CCCCC2)C1=O)C(=O)O. The van der Waals surface area contributed by atoms with E-state index in [1.54, 1.807) is 0 Å². The Labute approximate surface area is 121 Å². The summed E-state index contributed by atoms with van der Waals surface area (Å²) in [6.07, 6.45) is 3.92. The Hall–Kier alpha value is -2.12. The molecule has 116 valence electrons. The lowest BCUT2D eigenvalue weighted by molar-refractivity contribution is -0.141. The lowest BCUT2D eigenvalue weighted by Crippen LogP contribution is -2.49. The van der Waals surface area contributed by atoms with Gasteiger partial charge in [0.2, 0.25) is 5.91 Å². The summed E-state index contributed by atoms with van der Waals surface area (Å²) in [7, 11) is 0. The molecule has 0 radical (unpaired) electrons. The predicted molar refractivity (Wildman–Crippen MR) is 71.3 cm³/mol. The van der Waals surface area contributed by atoms with E-state index in [-0.39, 0.29) is 5.91 Å². The van der Waals surface area contributed by atoms with Crippen molar-refractivity contribution in [2.24, 2.45) is 0 Å². The molecule has 0 aromatic carbocycles. The first-order chi connectivity index (χ1) is 9.85. The maximum absolute atomic E-state index is 12.4. The standard InChI is InChI=1S/C13H19N3O5/c1-8(10(18)19)14-9(17)7-16-11(20)13(15-12(16)21)5-3-2-4-6-13/h8H,2-7H2,1H3,(H,14,17)(H,15,21)(H,18,19)/t8-/m1/s1. The quantitative estimate of drug-likeness (QED) is 0.623. The average molecular weight is 297 g/mol. The van der Waals surface area contributed by atoms with Crippen molar-refractivity contribution in [3.63, 3.8) is 0 Å². The molecule has 0 aromatic rings. The molecule has 2 fully saturated rings. The Balaban J connectivity index is 2.00. The fourth-order valence-electron chi connectivity index (χ4n) is 2.81. The molecule has 1 heterocycles. The van der Waals surface area contributed by atoms with Crippen LogP contribution in [0.4, 0.5) is 4.79 Å². The van der Waals surface area contributed by atoms with Crippen molar-refractivity contribution < 1.29 is 24.3 Å². The number of carbonyl (C=O) groups is 4. The number of imide groups is 1. The Bertz CT molecular complexity index is 484. The van der Waals surface area contributed by atoms with E-state index >= 15 is 0 Å². The highest BCUT2D eigenvalue weighted by molar-refractivity contribution is 6.09. The molecule has 2 rings (SSSR count). The number of nitrogens with zero attached hydrogens (tertiary/aromatic N) is 1. The van der Waals surface area contributed by atoms with Gasteiger partial charge in [0.1, 0.15) is 18.1 Å². The van der Waals surface area contributed by atoms with Crippen molar-refractivity contribution >= 4 is 23.8 Å². The highest BCUT2D eigenvalue weighted by Crippen LogP contribution is 2.33. The molecule has 4 amide bonds. The number of carbonyl (C=O) groups excluding carboxylic acids is 3. The van der Waals surface area contributed by atoms with E-state index in [4.69, 9.17) is 5.11 Å². The highest BCUT2D eigenvalue weighted by Gasteiger charge is 2.51. The molecule has 1 saturated heterocycles. The zero-order valence-corrected chi connectivity index (χ0v) is 11.8. The lowest BCUT2D eigenvalue weighted by Gasteiger charge is -2.30. The predicted octanol–water partition coefficient (Wildman–Crippen LogP) is -0.170. The molecule has 1 aliphatic heterocycles. The van der Waals surface area contributed by atoms with Gasteiger partial charge in [-0.1, -0.05) is 19.3 Å². The van der Waals surface area contributed by atoms with Crippen molar-refractivity contribution in [1.29, 1.82) is 0 Å². The largest absolute Gasteiger partial charge is 0.480 e. The monoisotopic (exact) mass is 297 g/mol. The summed E-state index contributed by atoms with van der Waals surface area (Å²) in [6.45, 7) is 0.860. The van der Waals surface area contributed by atoms with Crippen molar-refractivity contribution in [3.8, 4) is 0 Å². The van der Waals surface area contributed by atoms with E-state index in [2.05, 4.69) is 10.6 Å². The third-order valence-electron chi connectivity index (χ3n) is 4.00. The summed E-state index contributed by atoms with van der Waals surface area (Å²) in [5.74, 6) is -2.23. The van der Waals surface area contributed by atoms with E-state index in [1.165, 1.54) is 6.92 Å². The second kappa shape index (κ2) is 5.71. The lowest BCUT2D eigenvalue weighted by atomic mass is 9.82. The first-order valence-corrected chi connectivity index (χ1v) is 7.02. The summed E-state index contributed by atoms with van der Waals surface area (Å²) < 4.78 is 0. The van der Waals surface area contributed by atoms with Gasteiger partial charge in [0.25, 0.3) is 5.91 Å². The number of hydrogen-bond acceptors (Lipinski definition) is 4. The Morgan fingerprint density at radius 1 is 1.33 bits per heavy atom. The molecule has 1 saturated carbocycles. The van der Waals surface area contributed by atoms with Gasteiger partial charge in [-0.15, -0.1) is 0 Å². The molecular weight excluding hydrogens is 278 g/mol. The van der Waals surface area contributed by atoms with Gasteiger partial charge >= 0.3 is 12.0 Å². The third kappa shape index (κ3) is 2.98. The minimum atomic E-state index is -1.18. The number of hydrogen-bond donors (Lipinski definition) is 3. The first kappa shape index (κ1) is 15.3. The normalized spacial score (nSPS) is 22.0. The number of rotatable bonds is 4.